The van der Waals surface area contributed by atoms with Crippen molar-refractivity contribution < 1.29 is 14.6 Å². The highest BCUT2D eigenvalue weighted by molar-refractivity contribution is 5.97. The Morgan fingerprint density at radius 1 is 1.17 bits per heavy atom. The molecule has 4 heteroatoms. The number of carbonyl (C=O) groups is 1. The molecule has 1 aliphatic carbocycles. The molecule has 0 amide bonds. The Bertz CT molecular complexity index is 938. The number of aryl methyl sites for hydroxylation is 1. The standard InChI is InChI=1S/C20H17NO3/c22-19(23)10-14-6-8-16-17-11-15(7-9-18(17)21-20(14)16)24-12-13-4-2-1-3-5-13/h1-5,7,9-11,21H,6,8,12H2,(H,22,23). The minimum absolute atomic E-state index is 0.531. The minimum atomic E-state index is -0.900. The predicted molar refractivity (Wildman–Crippen MR) is 93.0 cm³/mol. The number of hydrogen-bond acceptors (Lipinski definition) is 2. The van der Waals surface area contributed by atoms with Crippen molar-refractivity contribution in [2.24, 2.45) is 0 Å². The molecular formula is C20H17NO3. The van der Waals surface area contributed by atoms with Crippen LogP contribution in [0.5, 0.6) is 5.75 Å². The lowest BCUT2D eigenvalue weighted by atomic mass is 10.1. The van der Waals surface area contributed by atoms with Crippen molar-refractivity contribution in [2.75, 3.05) is 0 Å². The number of hydrogen-bond donors (Lipinski definition) is 2. The number of aromatic nitrogens is 1. The van der Waals surface area contributed by atoms with Gasteiger partial charge in [0.05, 0.1) is 0 Å². The van der Waals surface area contributed by atoms with E-state index in [1.54, 1.807) is 0 Å². The summed E-state index contributed by atoms with van der Waals surface area (Å²) in [6.07, 6.45) is 2.92. The molecule has 0 bridgehead atoms. The summed E-state index contributed by atoms with van der Waals surface area (Å²) in [6, 6.07) is 16.0. The maximum absolute atomic E-state index is 10.9. The van der Waals surface area contributed by atoms with E-state index in [1.165, 1.54) is 11.6 Å². The van der Waals surface area contributed by atoms with Crippen LogP contribution in [0.15, 0.2) is 54.6 Å². The van der Waals surface area contributed by atoms with E-state index >= 15 is 0 Å². The van der Waals surface area contributed by atoms with Crippen molar-refractivity contribution in [3.8, 4) is 5.75 Å². The van der Waals surface area contributed by atoms with E-state index in [1.807, 2.05) is 48.5 Å². The number of ether oxygens (including phenoxy) is 1. The van der Waals surface area contributed by atoms with E-state index in [4.69, 9.17) is 9.84 Å². The van der Waals surface area contributed by atoms with Gasteiger partial charge in [0.1, 0.15) is 12.4 Å². The third-order valence-corrected chi connectivity index (χ3v) is 4.39. The second-order valence-corrected chi connectivity index (χ2v) is 5.97. The summed E-state index contributed by atoms with van der Waals surface area (Å²) in [4.78, 5) is 14.3. The third kappa shape index (κ3) is 2.67. The summed E-state index contributed by atoms with van der Waals surface area (Å²) in [7, 11) is 0. The van der Waals surface area contributed by atoms with Gasteiger partial charge in [-0.3, -0.25) is 0 Å². The van der Waals surface area contributed by atoms with E-state index in [0.29, 0.717) is 6.61 Å². The number of carboxylic acid groups (broad SMARTS) is 1. The van der Waals surface area contributed by atoms with Gasteiger partial charge in [-0.05, 0) is 47.7 Å². The number of H-pyrrole nitrogens is 1. The highest BCUT2D eigenvalue weighted by Crippen LogP contribution is 2.38. The van der Waals surface area contributed by atoms with Gasteiger partial charge in [-0.15, -0.1) is 0 Å². The molecule has 4 rings (SSSR count). The highest BCUT2D eigenvalue weighted by Gasteiger charge is 2.22. The average Bonchev–Trinajstić information content (AvgIpc) is 3.13. The molecule has 120 valence electrons. The second-order valence-electron chi connectivity index (χ2n) is 5.97. The van der Waals surface area contributed by atoms with Gasteiger partial charge in [0.2, 0.25) is 0 Å². The summed E-state index contributed by atoms with van der Waals surface area (Å²) in [5.74, 6) is -0.0767. The largest absolute Gasteiger partial charge is 0.489 e. The van der Waals surface area contributed by atoms with Crippen LogP contribution in [0.3, 0.4) is 0 Å². The lowest BCUT2D eigenvalue weighted by molar-refractivity contribution is -0.131. The van der Waals surface area contributed by atoms with Gasteiger partial charge < -0.3 is 14.8 Å². The van der Waals surface area contributed by atoms with E-state index in [9.17, 15) is 4.79 Å². The predicted octanol–water partition coefficient (Wildman–Crippen LogP) is 4.16. The molecule has 0 atom stereocenters. The molecule has 0 radical (unpaired) electrons. The molecule has 2 aromatic carbocycles. The van der Waals surface area contributed by atoms with Crippen molar-refractivity contribution in [2.45, 2.75) is 19.4 Å². The Kier molecular flexibility index (Phi) is 3.58. The molecule has 24 heavy (non-hydrogen) atoms. The number of carboxylic acids is 1. The van der Waals surface area contributed by atoms with Crippen LogP contribution in [0.2, 0.25) is 0 Å². The topological polar surface area (TPSA) is 62.3 Å². The van der Waals surface area contributed by atoms with Gasteiger partial charge in [0, 0.05) is 22.7 Å². The Morgan fingerprint density at radius 2 is 2.00 bits per heavy atom. The zero-order valence-corrected chi connectivity index (χ0v) is 13.1. The smallest absolute Gasteiger partial charge is 0.328 e. The molecule has 1 aliphatic rings. The SMILES string of the molecule is O=C(O)C=C1CCc2c1[nH]c1ccc(OCc3ccccc3)cc21. The fourth-order valence-electron chi connectivity index (χ4n) is 3.27. The monoisotopic (exact) mass is 319 g/mol. The number of fused-ring (bicyclic) bond motifs is 3. The molecule has 2 N–H and O–H groups in total. The van der Waals surface area contributed by atoms with Crippen LogP contribution in [0.1, 0.15) is 23.2 Å². The molecule has 0 saturated carbocycles. The average molecular weight is 319 g/mol. The molecular weight excluding hydrogens is 302 g/mol. The van der Waals surface area contributed by atoms with Gasteiger partial charge in [0.15, 0.2) is 0 Å². The molecule has 0 fully saturated rings. The van der Waals surface area contributed by atoms with Crippen LogP contribution in [0, 0.1) is 0 Å². The molecule has 0 unspecified atom stereocenters. The minimum Gasteiger partial charge on any atom is -0.489 e. The van der Waals surface area contributed by atoms with Crippen LogP contribution in [0.4, 0.5) is 0 Å². The van der Waals surface area contributed by atoms with Gasteiger partial charge >= 0.3 is 5.97 Å². The molecule has 4 nitrogen and oxygen atoms in total. The fraction of sp³-hybridized carbons (Fsp3) is 0.150. The van der Waals surface area contributed by atoms with Gasteiger partial charge in [-0.2, -0.15) is 0 Å². The molecule has 1 aromatic heterocycles. The number of aliphatic carboxylic acids is 1. The van der Waals surface area contributed by atoms with Gasteiger partial charge in [0.25, 0.3) is 0 Å². The quantitative estimate of drug-likeness (QED) is 0.710. The van der Waals surface area contributed by atoms with E-state index in [2.05, 4.69) is 4.98 Å². The summed E-state index contributed by atoms with van der Waals surface area (Å²) in [6.45, 7) is 0.531. The Morgan fingerprint density at radius 3 is 2.79 bits per heavy atom. The summed E-state index contributed by atoms with van der Waals surface area (Å²) in [5.41, 5.74) is 5.14. The van der Waals surface area contributed by atoms with Gasteiger partial charge in [-0.1, -0.05) is 30.3 Å². The van der Waals surface area contributed by atoms with Crippen LogP contribution >= 0.6 is 0 Å². The summed E-state index contributed by atoms with van der Waals surface area (Å²) >= 11 is 0. The number of allylic oxidation sites excluding steroid dienone is 1. The first-order chi connectivity index (χ1) is 11.7. The Hall–Kier alpha value is -3.01. The zero-order valence-electron chi connectivity index (χ0n) is 13.1. The lowest BCUT2D eigenvalue weighted by Gasteiger charge is -2.06. The fourth-order valence-corrected chi connectivity index (χ4v) is 3.27. The van der Waals surface area contributed by atoms with E-state index in [-0.39, 0.29) is 0 Å². The van der Waals surface area contributed by atoms with E-state index < -0.39 is 5.97 Å². The normalized spacial score (nSPS) is 14.9. The maximum atomic E-state index is 10.9. The molecule has 0 saturated heterocycles. The van der Waals surface area contributed by atoms with Crippen molar-refractivity contribution in [1.82, 2.24) is 4.98 Å². The molecule has 0 spiro atoms. The first-order valence-corrected chi connectivity index (χ1v) is 7.96. The first-order valence-electron chi connectivity index (χ1n) is 7.96. The number of nitrogens with one attached hydrogen (secondary N) is 1. The zero-order chi connectivity index (χ0) is 16.5. The maximum Gasteiger partial charge on any atom is 0.328 e. The highest BCUT2D eigenvalue weighted by atomic mass is 16.5. The van der Waals surface area contributed by atoms with Crippen LogP contribution in [-0.2, 0) is 17.8 Å². The number of aromatic amines is 1. The number of benzene rings is 2. The van der Waals surface area contributed by atoms with Crippen molar-refractivity contribution >= 4 is 22.4 Å². The van der Waals surface area contributed by atoms with E-state index in [0.717, 1.165) is 46.3 Å². The Labute approximate surface area is 139 Å². The van der Waals surface area contributed by atoms with Crippen molar-refractivity contribution in [1.29, 1.82) is 0 Å². The van der Waals surface area contributed by atoms with Crippen LogP contribution in [-0.4, -0.2) is 16.1 Å². The van der Waals surface area contributed by atoms with Crippen LogP contribution < -0.4 is 4.74 Å². The van der Waals surface area contributed by atoms with Crippen molar-refractivity contribution in [3.63, 3.8) is 0 Å². The summed E-state index contributed by atoms with van der Waals surface area (Å²) < 4.78 is 5.90. The first kappa shape index (κ1) is 14.6. The summed E-state index contributed by atoms with van der Waals surface area (Å²) in [5, 5.41) is 10.1. The van der Waals surface area contributed by atoms with Crippen LogP contribution in [0.25, 0.3) is 16.5 Å². The molecule has 0 aliphatic heterocycles. The second kappa shape index (κ2) is 5.89. The lowest BCUT2D eigenvalue weighted by Crippen LogP contribution is -1.94. The Balaban J connectivity index is 1.63. The third-order valence-electron chi connectivity index (χ3n) is 4.39. The molecule has 1 heterocycles. The number of rotatable bonds is 4. The van der Waals surface area contributed by atoms with Crippen molar-refractivity contribution in [3.05, 3.63) is 71.4 Å². The molecule has 3 aromatic rings. The van der Waals surface area contributed by atoms with Gasteiger partial charge in [-0.25, -0.2) is 4.79 Å².